The van der Waals surface area contributed by atoms with Gasteiger partial charge in [-0.25, -0.2) is 0 Å². The maximum atomic E-state index is 13.0. The number of thiocarbonyl (C=S) groups is 1. The molecule has 162 valence electrons. The van der Waals surface area contributed by atoms with E-state index in [1.54, 1.807) is 0 Å². The largest absolute Gasteiger partial charge is 0.416 e. The van der Waals surface area contributed by atoms with Crippen LogP contribution in [-0.2, 0) is 6.18 Å². The first-order valence-electron chi connectivity index (χ1n) is 10.1. The number of alkyl halides is 3. The summed E-state index contributed by atoms with van der Waals surface area (Å²) in [4.78, 5) is 6.94. The van der Waals surface area contributed by atoms with E-state index in [1.807, 2.05) is 0 Å². The minimum atomic E-state index is -4.42. The molecule has 0 saturated carbocycles. The summed E-state index contributed by atoms with van der Waals surface area (Å²) in [5, 5.41) is 3.65. The molecule has 0 bridgehead atoms. The minimum absolute atomic E-state index is 0.204. The van der Waals surface area contributed by atoms with Crippen molar-refractivity contribution in [3.05, 3.63) is 28.8 Å². The van der Waals surface area contributed by atoms with Gasteiger partial charge in [0.15, 0.2) is 5.11 Å². The molecular weight excluding hydrogens is 421 g/mol. The fraction of sp³-hybridized carbons (Fsp3) is 0.650. The van der Waals surface area contributed by atoms with Gasteiger partial charge in [0.25, 0.3) is 0 Å². The van der Waals surface area contributed by atoms with E-state index in [0.29, 0.717) is 11.2 Å². The van der Waals surface area contributed by atoms with Crippen LogP contribution in [0.4, 0.5) is 18.9 Å². The number of hydrogen-bond donors (Lipinski definition) is 1. The highest BCUT2D eigenvalue weighted by molar-refractivity contribution is 7.80. The average Bonchev–Trinajstić information content (AvgIpc) is 2.68. The average molecular weight is 449 g/mol. The molecule has 9 heteroatoms. The number of rotatable bonds is 4. The summed E-state index contributed by atoms with van der Waals surface area (Å²) in [6, 6.07) is 3.57. The van der Waals surface area contributed by atoms with Gasteiger partial charge in [-0.15, -0.1) is 0 Å². The van der Waals surface area contributed by atoms with Crippen LogP contribution in [-0.4, -0.2) is 72.2 Å². The number of likely N-dealkylation sites (tertiary alicyclic amines) is 1. The number of halogens is 4. The Balaban J connectivity index is 1.62. The third kappa shape index (κ3) is 6.20. The molecule has 4 nitrogen and oxygen atoms in total. The Bertz CT molecular complexity index is 707. The predicted molar refractivity (Wildman–Crippen MR) is 116 cm³/mol. The molecular formula is C20H28ClF3N4S. The van der Waals surface area contributed by atoms with Gasteiger partial charge in [0.1, 0.15) is 0 Å². The lowest BCUT2D eigenvalue weighted by atomic mass is 9.99. The topological polar surface area (TPSA) is 21.8 Å². The number of likely N-dealkylation sites (N-methyl/N-ethyl adjacent to an activating group) is 1. The van der Waals surface area contributed by atoms with E-state index in [0.717, 1.165) is 77.1 Å². The normalized spacial score (nSPS) is 22.0. The molecule has 2 aliphatic heterocycles. The summed E-state index contributed by atoms with van der Waals surface area (Å²) in [6.07, 6.45) is -0.188. The summed E-state index contributed by atoms with van der Waals surface area (Å²) in [5.41, 5.74) is -0.535. The van der Waals surface area contributed by atoms with Crippen molar-refractivity contribution in [3.63, 3.8) is 0 Å². The van der Waals surface area contributed by atoms with E-state index in [2.05, 4.69) is 27.1 Å². The zero-order chi connectivity index (χ0) is 21.0. The molecule has 1 aromatic rings. The molecule has 0 unspecified atom stereocenters. The Kier molecular flexibility index (Phi) is 7.64. The Labute approximate surface area is 181 Å². The van der Waals surface area contributed by atoms with Crippen molar-refractivity contribution in [1.29, 1.82) is 0 Å². The number of piperidine rings is 1. The van der Waals surface area contributed by atoms with E-state index >= 15 is 0 Å². The van der Waals surface area contributed by atoms with Gasteiger partial charge in [0.2, 0.25) is 0 Å². The summed E-state index contributed by atoms with van der Waals surface area (Å²) < 4.78 is 39.1. The molecule has 2 heterocycles. The highest BCUT2D eigenvalue weighted by atomic mass is 35.5. The zero-order valence-electron chi connectivity index (χ0n) is 16.6. The van der Waals surface area contributed by atoms with Crippen LogP contribution in [0, 0.1) is 0 Å². The van der Waals surface area contributed by atoms with Gasteiger partial charge in [-0.2, -0.15) is 13.2 Å². The van der Waals surface area contributed by atoms with E-state index in [9.17, 15) is 13.2 Å². The fourth-order valence-electron chi connectivity index (χ4n) is 3.96. The van der Waals surface area contributed by atoms with Gasteiger partial charge >= 0.3 is 6.18 Å². The molecule has 1 N–H and O–H groups in total. The van der Waals surface area contributed by atoms with Crippen molar-refractivity contribution in [2.24, 2.45) is 0 Å². The molecule has 2 fully saturated rings. The summed E-state index contributed by atoms with van der Waals surface area (Å²) >= 11 is 11.7. The quantitative estimate of drug-likeness (QED) is 0.680. The molecule has 29 heavy (non-hydrogen) atoms. The second kappa shape index (κ2) is 9.81. The number of anilines is 1. The third-order valence-electron chi connectivity index (χ3n) is 5.80. The van der Waals surface area contributed by atoms with E-state index in [-0.39, 0.29) is 10.7 Å². The van der Waals surface area contributed by atoms with Crippen molar-refractivity contribution in [2.75, 3.05) is 51.6 Å². The van der Waals surface area contributed by atoms with Crippen LogP contribution in [0.1, 0.15) is 31.2 Å². The first kappa shape index (κ1) is 22.6. The van der Waals surface area contributed by atoms with Crippen LogP contribution in [0.2, 0.25) is 5.02 Å². The predicted octanol–water partition coefficient (Wildman–Crippen LogP) is 4.55. The Morgan fingerprint density at radius 3 is 2.59 bits per heavy atom. The zero-order valence-corrected chi connectivity index (χ0v) is 18.2. The van der Waals surface area contributed by atoms with Crippen LogP contribution in [0.15, 0.2) is 18.2 Å². The Hall–Kier alpha value is -1.09. The molecule has 0 aliphatic carbocycles. The third-order valence-corrected chi connectivity index (χ3v) is 6.46. The lowest BCUT2D eigenvalue weighted by Crippen LogP contribution is -2.49. The van der Waals surface area contributed by atoms with E-state index in [1.165, 1.54) is 6.07 Å². The van der Waals surface area contributed by atoms with Gasteiger partial charge in [-0.3, -0.25) is 0 Å². The van der Waals surface area contributed by atoms with Crippen molar-refractivity contribution in [2.45, 2.75) is 37.9 Å². The lowest BCUT2D eigenvalue weighted by molar-refractivity contribution is -0.137. The summed E-state index contributed by atoms with van der Waals surface area (Å²) in [5.74, 6) is 0. The second-order valence-electron chi connectivity index (χ2n) is 7.90. The minimum Gasteiger partial charge on any atom is -0.346 e. The van der Waals surface area contributed by atoms with Gasteiger partial charge in [0.05, 0.1) is 16.3 Å². The van der Waals surface area contributed by atoms with Crippen molar-refractivity contribution in [1.82, 2.24) is 14.7 Å². The number of nitrogens with zero attached hydrogens (tertiary/aromatic N) is 3. The standard InChI is InChI=1S/C20H28ClF3N4S/c1-26-10-12-27(13-11-26)9-7-16-4-2-3-8-28(16)19(29)25-18-14-15(20(22,23)24)5-6-17(18)21/h5-6,14,16H,2-4,7-13H2,1H3,(H,25,29)/t16-/m1/s1. The number of benzene rings is 1. The highest BCUT2D eigenvalue weighted by Crippen LogP contribution is 2.34. The van der Waals surface area contributed by atoms with Crippen LogP contribution in [0.5, 0.6) is 0 Å². The first-order chi connectivity index (χ1) is 13.7. The Morgan fingerprint density at radius 2 is 1.90 bits per heavy atom. The molecule has 0 spiro atoms. The molecule has 0 aromatic heterocycles. The summed E-state index contributed by atoms with van der Waals surface area (Å²) in [6.45, 7) is 6.15. The monoisotopic (exact) mass is 448 g/mol. The molecule has 2 aliphatic rings. The number of hydrogen-bond acceptors (Lipinski definition) is 3. The van der Waals surface area contributed by atoms with Gasteiger partial charge in [0, 0.05) is 45.3 Å². The molecule has 1 atom stereocenters. The van der Waals surface area contributed by atoms with Crippen LogP contribution >= 0.6 is 23.8 Å². The molecule has 2 saturated heterocycles. The highest BCUT2D eigenvalue weighted by Gasteiger charge is 2.31. The first-order valence-corrected chi connectivity index (χ1v) is 10.9. The van der Waals surface area contributed by atoms with Crippen molar-refractivity contribution < 1.29 is 13.2 Å². The molecule has 3 rings (SSSR count). The van der Waals surface area contributed by atoms with Gasteiger partial charge in [-0.05, 0) is 63.1 Å². The lowest BCUT2D eigenvalue weighted by Gasteiger charge is -2.40. The number of nitrogens with one attached hydrogen (secondary N) is 1. The van der Waals surface area contributed by atoms with Gasteiger partial charge < -0.3 is 20.0 Å². The van der Waals surface area contributed by atoms with Crippen LogP contribution in [0.3, 0.4) is 0 Å². The Morgan fingerprint density at radius 1 is 1.17 bits per heavy atom. The van der Waals surface area contributed by atoms with E-state index in [4.69, 9.17) is 23.8 Å². The second-order valence-corrected chi connectivity index (χ2v) is 8.69. The fourth-order valence-corrected chi connectivity index (χ4v) is 4.47. The SMILES string of the molecule is CN1CCN(CC[C@H]2CCCCN2C(=S)Nc2cc(C(F)(F)F)ccc2Cl)CC1. The molecule has 0 radical (unpaired) electrons. The molecule has 0 amide bonds. The molecule has 1 aromatic carbocycles. The van der Waals surface area contributed by atoms with Crippen molar-refractivity contribution in [3.8, 4) is 0 Å². The van der Waals surface area contributed by atoms with E-state index < -0.39 is 11.7 Å². The van der Waals surface area contributed by atoms with Gasteiger partial charge in [-0.1, -0.05) is 11.6 Å². The van der Waals surface area contributed by atoms with Crippen LogP contribution in [0.25, 0.3) is 0 Å². The smallest absolute Gasteiger partial charge is 0.346 e. The maximum Gasteiger partial charge on any atom is 0.416 e. The van der Waals surface area contributed by atoms with Crippen molar-refractivity contribution >= 4 is 34.6 Å². The summed E-state index contributed by atoms with van der Waals surface area (Å²) in [7, 11) is 2.14. The van der Waals surface area contributed by atoms with Crippen LogP contribution < -0.4 is 5.32 Å². The number of piperazine rings is 1. The maximum absolute atomic E-state index is 13.0.